The molecule has 29 heavy (non-hydrogen) atoms. The van der Waals surface area contributed by atoms with E-state index < -0.39 is 26.3 Å². The van der Waals surface area contributed by atoms with Gasteiger partial charge in [0.2, 0.25) is 0 Å². The fraction of sp³-hybridized carbons (Fsp3) is 0.667. The highest BCUT2D eigenvalue weighted by Crippen LogP contribution is 2.48. The molecule has 0 spiro atoms. The molecule has 1 saturated heterocycles. The first-order chi connectivity index (χ1) is 13.4. The summed E-state index contributed by atoms with van der Waals surface area (Å²) < 4.78 is 64.0. The molecule has 2 aliphatic rings. The second-order valence-corrected chi connectivity index (χ2v) is 11.4. The predicted octanol–water partition coefficient (Wildman–Crippen LogP) is 4.39. The van der Waals surface area contributed by atoms with E-state index in [0.29, 0.717) is 25.3 Å². The molecule has 1 aromatic carbocycles. The van der Waals surface area contributed by atoms with Crippen LogP contribution in [-0.2, 0) is 20.8 Å². The van der Waals surface area contributed by atoms with E-state index in [4.69, 9.17) is 0 Å². The highest BCUT2D eigenvalue weighted by atomic mass is 32.2. The van der Waals surface area contributed by atoms with Crippen LogP contribution in [0.4, 0.5) is 13.2 Å². The summed E-state index contributed by atoms with van der Waals surface area (Å²) >= 11 is 0. The van der Waals surface area contributed by atoms with Crippen LogP contribution in [0.3, 0.4) is 0 Å². The van der Waals surface area contributed by atoms with E-state index in [2.05, 4.69) is 5.32 Å². The fourth-order valence-electron chi connectivity index (χ4n) is 4.39. The summed E-state index contributed by atoms with van der Waals surface area (Å²) in [6, 6.07) is 3.85. The van der Waals surface area contributed by atoms with Gasteiger partial charge in [-0.25, -0.2) is 8.42 Å². The molecule has 1 atom stereocenters. The third-order valence-electron chi connectivity index (χ3n) is 6.57. The second-order valence-electron chi connectivity index (χ2n) is 8.84. The molecule has 0 bridgehead atoms. The Bertz CT molecular complexity index is 852. The molecule has 0 radical (unpaired) electrons. The molecule has 2 fully saturated rings. The Labute approximate surface area is 170 Å². The van der Waals surface area contributed by atoms with Gasteiger partial charge in [-0.3, -0.25) is 4.79 Å². The van der Waals surface area contributed by atoms with E-state index in [1.54, 1.807) is 13.8 Å². The summed E-state index contributed by atoms with van der Waals surface area (Å²) in [5, 5.41) is 3.24. The molecule has 1 aliphatic heterocycles. The van der Waals surface area contributed by atoms with Gasteiger partial charge in [0.1, 0.15) is 5.78 Å². The van der Waals surface area contributed by atoms with Gasteiger partial charge in [0, 0.05) is 6.42 Å². The van der Waals surface area contributed by atoms with Crippen molar-refractivity contribution in [3.63, 3.8) is 0 Å². The first-order valence-corrected chi connectivity index (χ1v) is 11.6. The molecule has 1 aliphatic carbocycles. The van der Waals surface area contributed by atoms with E-state index in [-0.39, 0.29) is 28.6 Å². The molecular formula is C21H28F3NO3S. The van der Waals surface area contributed by atoms with Crippen molar-refractivity contribution in [2.45, 2.75) is 74.2 Å². The highest BCUT2D eigenvalue weighted by molar-refractivity contribution is 7.92. The van der Waals surface area contributed by atoms with Crippen molar-refractivity contribution in [1.29, 1.82) is 0 Å². The van der Waals surface area contributed by atoms with Gasteiger partial charge in [-0.2, -0.15) is 13.2 Å². The van der Waals surface area contributed by atoms with Gasteiger partial charge in [-0.15, -0.1) is 0 Å². The summed E-state index contributed by atoms with van der Waals surface area (Å²) in [5.41, 5.74) is -0.966. The maximum Gasteiger partial charge on any atom is 0.416 e. The number of piperidine rings is 1. The molecule has 162 valence electrons. The van der Waals surface area contributed by atoms with Crippen LogP contribution in [0.25, 0.3) is 0 Å². The smallest absolute Gasteiger partial charge is 0.307 e. The van der Waals surface area contributed by atoms with Crippen molar-refractivity contribution < 1.29 is 26.4 Å². The number of carbonyl (C=O) groups is 1. The summed E-state index contributed by atoms with van der Waals surface area (Å²) in [6.45, 7) is 4.01. The van der Waals surface area contributed by atoms with Crippen molar-refractivity contribution in [3.05, 3.63) is 29.8 Å². The van der Waals surface area contributed by atoms with E-state index in [0.717, 1.165) is 37.9 Å². The van der Waals surface area contributed by atoms with Crippen molar-refractivity contribution in [2.24, 2.45) is 11.8 Å². The number of nitrogens with one attached hydrogen (secondary N) is 1. The van der Waals surface area contributed by atoms with Crippen molar-refractivity contribution in [1.82, 2.24) is 5.32 Å². The van der Waals surface area contributed by atoms with Crippen LogP contribution in [0, 0.1) is 11.8 Å². The summed E-state index contributed by atoms with van der Waals surface area (Å²) in [5.74, 6) is 0.151. The molecule has 1 heterocycles. The van der Waals surface area contributed by atoms with E-state index in [1.165, 1.54) is 6.07 Å². The van der Waals surface area contributed by atoms with Crippen molar-refractivity contribution in [3.8, 4) is 0 Å². The van der Waals surface area contributed by atoms with Crippen LogP contribution >= 0.6 is 0 Å². The molecule has 1 saturated carbocycles. The number of ketones is 1. The number of alkyl halides is 3. The predicted molar refractivity (Wildman–Crippen MR) is 104 cm³/mol. The molecule has 1 aromatic rings. The number of hydrogen-bond acceptors (Lipinski definition) is 4. The van der Waals surface area contributed by atoms with Crippen LogP contribution in [0.2, 0.25) is 0 Å². The Morgan fingerprint density at radius 1 is 1.17 bits per heavy atom. The molecule has 3 rings (SSSR count). The minimum atomic E-state index is -4.59. The average Bonchev–Trinajstić information content (AvgIpc) is 2.64. The van der Waals surface area contributed by atoms with Gasteiger partial charge in [-0.05, 0) is 76.1 Å². The van der Waals surface area contributed by atoms with Crippen molar-refractivity contribution in [2.75, 3.05) is 6.54 Å². The minimum absolute atomic E-state index is 0.0929. The monoisotopic (exact) mass is 431 g/mol. The zero-order chi connectivity index (χ0) is 21.4. The quantitative estimate of drug-likeness (QED) is 0.726. The maximum absolute atomic E-state index is 13.1. The third kappa shape index (κ3) is 4.53. The summed E-state index contributed by atoms with van der Waals surface area (Å²) in [6.07, 6.45) is 0.0200. The number of benzene rings is 1. The van der Waals surface area contributed by atoms with Gasteiger partial charge >= 0.3 is 6.18 Å². The topological polar surface area (TPSA) is 63.2 Å². The summed E-state index contributed by atoms with van der Waals surface area (Å²) in [4.78, 5) is 12.1. The lowest BCUT2D eigenvalue weighted by Gasteiger charge is -2.45. The molecule has 1 N–H and O–H groups in total. The number of halogens is 3. The average molecular weight is 432 g/mol. The van der Waals surface area contributed by atoms with E-state index in [9.17, 15) is 26.4 Å². The lowest BCUT2D eigenvalue weighted by atomic mass is 9.67. The Hall–Kier alpha value is -1.41. The zero-order valence-electron chi connectivity index (χ0n) is 16.8. The molecule has 4 nitrogen and oxygen atoms in total. The van der Waals surface area contributed by atoms with E-state index in [1.807, 2.05) is 0 Å². The number of sulfone groups is 1. The molecule has 8 heteroatoms. The first-order valence-electron chi connectivity index (χ1n) is 10.1. The largest absolute Gasteiger partial charge is 0.416 e. The number of Topliss-reactive ketones (excluding diaryl/α,β-unsaturated/α-hetero) is 1. The normalized spacial score (nSPS) is 26.0. The van der Waals surface area contributed by atoms with Gasteiger partial charge < -0.3 is 5.32 Å². The second kappa shape index (κ2) is 8.02. The van der Waals surface area contributed by atoms with Crippen molar-refractivity contribution >= 4 is 15.6 Å². The number of hydrogen-bond donors (Lipinski definition) is 1. The third-order valence-corrected chi connectivity index (χ3v) is 9.17. The number of carbonyl (C=O) groups excluding carboxylic acids is 1. The fourth-order valence-corrected chi connectivity index (χ4v) is 6.16. The van der Waals surface area contributed by atoms with Gasteiger partial charge in [0.25, 0.3) is 0 Å². The highest BCUT2D eigenvalue weighted by Gasteiger charge is 2.49. The zero-order valence-corrected chi connectivity index (χ0v) is 17.6. The Morgan fingerprint density at radius 2 is 1.86 bits per heavy atom. The molecule has 0 aromatic heterocycles. The summed E-state index contributed by atoms with van der Waals surface area (Å²) in [7, 11) is -3.95. The van der Waals surface area contributed by atoms with Gasteiger partial charge in [0.05, 0.1) is 21.2 Å². The maximum atomic E-state index is 13.1. The Kier molecular flexibility index (Phi) is 6.16. The Balaban J connectivity index is 1.66. The lowest BCUT2D eigenvalue weighted by Crippen LogP contribution is -2.48. The van der Waals surface area contributed by atoms with Gasteiger partial charge in [-0.1, -0.05) is 12.5 Å². The van der Waals surface area contributed by atoms with Crippen LogP contribution in [0.15, 0.2) is 29.2 Å². The van der Waals surface area contributed by atoms with Gasteiger partial charge in [0.15, 0.2) is 9.84 Å². The first kappa shape index (κ1) is 22.3. The lowest BCUT2D eigenvalue weighted by molar-refractivity contribution is -0.137. The number of rotatable bonds is 6. The molecule has 0 amide bonds. The van der Waals surface area contributed by atoms with E-state index >= 15 is 0 Å². The Morgan fingerprint density at radius 3 is 2.45 bits per heavy atom. The van der Waals surface area contributed by atoms with Crippen LogP contribution < -0.4 is 5.32 Å². The SMILES string of the molecule is CC(C)(C1CC(CC(=O)[C@H]2CCCCN2)C1)S(=O)(=O)c1cccc(C(F)(F)F)c1. The molecule has 0 unspecified atom stereocenters. The van der Waals surface area contributed by atoms with Crippen LogP contribution in [0.1, 0.15) is 57.9 Å². The van der Waals surface area contributed by atoms with Crippen LogP contribution in [-0.4, -0.2) is 31.5 Å². The minimum Gasteiger partial charge on any atom is -0.307 e. The standard InChI is InChI=1S/C21H28F3NO3S/c1-20(2,29(27,28)17-7-5-6-15(13-17)21(22,23)24)16-10-14(11-16)12-19(26)18-8-3-4-9-25-18/h5-7,13-14,16,18,25H,3-4,8-12H2,1-2H3/t14?,16?,18-/m1/s1. The molecular weight excluding hydrogens is 403 g/mol. The van der Waals surface area contributed by atoms with Crippen LogP contribution in [0.5, 0.6) is 0 Å².